The van der Waals surface area contributed by atoms with Crippen LogP contribution in [0.3, 0.4) is 0 Å². The fourth-order valence-electron chi connectivity index (χ4n) is 2.12. The zero-order chi connectivity index (χ0) is 12.3. The number of aryl methyl sites for hydroxylation is 2. The summed E-state index contributed by atoms with van der Waals surface area (Å²) in [7, 11) is 0. The Morgan fingerprint density at radius 1 is 1.24 bits per heavy atom. The number of hydrogen-bond donors (Lipinski definition) is 1. The van der Waals surface area contributed by atoms with Crippen molar-refractivity contribution in [1.29, 1.82) is 0 Å². The molecular weight excluding hydrogens is 210 g/mol. The molecule has 0 spiro atoms. The van der Waals surface area contributed by atoms with Gasteiger partial charge in [0.05, 0.1) is 5.69 Å². The lowest BCUT2D eigenvalue weighted by Gasteiger charge is -2.00. The second-order valence-electron chi connectivity index (χ2n) is 4.69. The summed E-state index contributed by atoms with van der Waals surface area (Å²) in [4.78, 5) is 4.59. The number of hydrogen-bond acceptors (Lipinski definition) is 2. The highest BCUT2D eigenvalue weighted by Gasteiger charge is 2.08. The highest BCUT2D eigenvalue weighted by atomic mass is 15.1. The maximum atomic E-state index is 6.12. The van der Waals surface area contributed by atoms with Gasteiger partial charge in [-0.15, -0.1) is 0 Å². The van der Waals surface area contributed by atoms with Gasteiger partial charge in [-0.2, -0.15) is 0 Å². The van der Waals surface area contributed by atoms with Gasteiger partial charge >= 0.3 is 0 Å². The molecule has 0 aliphatic carbocycles. The van der Waals surface area contributed by atoms with Crippen LogP contribution in [0.15, 0.2) is 18.3 Å². The average Bonchev–Trinajstić information content (AvgIpc) is 2.62. The Kier molecular flexibility index (Phi) is 3.67. The van der Waals surface area contributed by atoms with Crippen LogP contribution in [0.2, 0.25) is 0 Å². The van der Waals surface area contributed by atoms with E-state index in [1.165, 1.54) is 31.2 Å². The van der Waals surface area contributed by atoms with E-state index in [9.17, 15) is 0 Å². The van der Waals surface area contributed by atoms with Gasteiger partial charge in [-0.05, 0) is 31.4 Å². The van der Waals surface area contributed by atoms with Crippen LogP contribution in [0.25, 0.3) is 5.65 Å². The van der Waals surface area contributed by atoms with Crippen molar-refractivity contribution in [3.05, 3.63) is 29.6 Å². The summed E-state index contributed by atoms with van der Waals surface area (Å²) in [6.45, 7) is 4.29. The Labute approximate surface area is 103 Å². The smallest absolute Gasteiger partial charge is 0.138 e. The van der Waals surface area contributed by atoms with E-state index in [-0.39, 0.29) is 0 Å². The first-order chi connectivity index (χ1) is 8.22. The van der Waals surface area contributed by atoms with Crippen molar-refractivity contribution < 1.29 is 0 Å². The Bertz CT molecular complexity index is 499. The molecule has 0 atom stereocenters. The molecule has 0 radical (unpaired) electrons. The molecule has 0 fully saturated rings. The third-order valence-corrected chi connectivity index (χ3v) is 3.15. The molecule has 2 aromatic rings. The molecule has 2 N–H and O–H groups in total. The number of nitrogen functional groups attached to an aromatic ring is 1. The summed E-state index contributed by atoms with van der Waals surface area (Å²) in [5.74, 6) is 0.806. The summed E-state index contributed by atoms with van der Waals surface area (Å²) in [5, 5.41) is 0. The number of anilines is 1. The normalized spacial score (nSPS) is 11.2. The number of fused-ring (bicyclic) bond motifs is 1. The third-order valence-electron chi connectivity index (χ3n) is 3.15. The number of nitrogens with two attached hydrogens (primary N) is 1. The predicted molar refractivity (Wildman–Crippen MR) is 72.2 cm³/mol. The molecule has 2 heterocycles. The van der Waals surface area contributed by atoms with Crippen molar-refractivity contribution in [2.24, 2.45) is 0 Å². The number of imidazole rings is 1. The van der Waals surface area contributed by atoms with Crippen molar-refractivity contribution in [2.75, 3.05) is 5.73 Å². The second kappa shape index (κ2) is 5.21. The molecule has 0 saturated heterocycles. The number of nitrogens with zero attached hydrogens (tertiary/aromatic N) is 2. The quantitative estimate of drug-likeness (QED) is 0.802. The van der Waals surface area contributed by atoms with Crippen LogP contribution in [0.5, 0.6) is 0 Å². The van der Waals surface area contributed by atoms with Crippen molar-refractivity contribution in [1.82, 2.24) is 9.38 Å². The van der Waals surface area contributed by atoms with Gasteiger partial charge in [-0.3, -0.25) is 4.40 Å². The van der Waals surface area contributed by atoms with Gasteiger partial charge in [0, 0.05) is 6.20 Å². The van der Waals surface area contributed by atoms with Crippen molar-refractivity contribution in [2.45, 2.75) is 46.0 Å². The lowest BCUT2D eigenvalue weighted by atomic mass is 10.1. The molecule has 3 heteroatoms. The van der Waals surface area contributed by atoms with E-state index in [0.717, 1.165) is 23.6 Å². The molecule has 2 aromatic heterocycles. The molecule has 92 valence electrons. The van der Waals surface area contributed by atoms with Crippen molar-refractivity contribution >= 4 is 11.5 Å². The van der Waals surface area contributed by atoms with Gasteiger partial charge in [-0.1, -0.05) is 32.3 Å². The summed E-state index contributed by atoms with van der Waals surface area (Å²) >= 11 is 0. The lowest BCUT2D eigenvalue weighted by molar-refractivity contribution is 0.663. The SMILES string of the molecule is CCCCCCc1nc2ccc(C)cn2c1N. The standard InChI is InChI=1S/C14H21N3/c1-3-4-5-6-7-12-14(15)17-10-11(2)8-9-13(17)16-12/h8-10H,3-7,15H2,1-2H3. The highest BCUT2D eigenvalue weighted by molar-refractivity contribution is 5.53. The fourth-order valence-corrected chi connectivity index (χ4v) is 2.12. The summed E-state index contributed by atoms with van der Waals surface area (Å²) in [6.07, 6.45) is 8.05. The first-order valence-corrected chi connectivity index (χ1v) is 6.45. The number of aromatic nitrogens is 2. The molecule has 2 rings (SSSR count). The fraction of sp³-hybridized carbons (Fsp3) is 0.500. The first-order valence-electron chi connectivity index (χ1n) is 6.45. The van der Waals surface area contributed by atoms with E-state index in [1.807, 2.05) is 16.7 Å². The topological polar surface area (TPSA) is 43.3 Å². The van der Waals surface area contributed by atoms with E-state index in [4.69, 9.17) is 5.73 Å². The van der Waals surface area contributed by atoms with E-state index in [0.29, 0.717) is 0 Å². The van der Waals surface area contributed by atoms with Gasteiger partial charge in [0.1, 0.15) is 11.5 Å². The minimum absolute atomic E-state index is 0.806. The van der Waals surface area contributed by atoms with Gasteiger partial charge in [0.15, 0.2) is 0 Å². The van der Waals surface area contributed by atoms with Gasteiger partial charge in [-0.25, -0.2) is 4.98 Å². The Morgan fingerprint density at radius 2 is 2.06 bits per heavy atom. The Hall–Kier alpha value is -1.51. The Morgan fingerprint density at radius 3 is 2.82 bits per heavy atom. The first kappa shape index (κ1) is 12.0. The van der Waals surface area contributed by atoms with Crippen LogP contribution < -0.4 is 5.73 Å². The Balaban J connectivity index is 2.15. The van der Waals surface area contributed by atoms with Crippen LogP contribution in [-0.4, -0.2) is 9.38 Å². The summed E-state index contributed by atoms with van der Waals surface area (Å²) < 4.78 is 1.99. The van der Waals surface area contributed by atoms with E-state index in [1.54, 1.807) is 0 Å². The van der Waals surface area contributed by atoms with Gasteiger partial charge in [0.2, 0.25) is 0 Å². The molecular formula is C14H21N3. The molecule has 0 unspecified atom stereocenters. The predicted octanol–water partition coefficient (Wildman–Crippen LogP) is 3.35. The zero-order valence-electron chi connectivity index (χ0n) is 10.7. The van der Waals surface area contributed by atoms with Gasteiger partial charge in [0.25, 0.3) is 0 Å². The van der Waals surface area contributed by atoms with Crippen LogP contribution >= 0.6 is 0 Å². The average molecular weight is 231 g/mol. The molecule has 0 aliphatic rings. The number of unbranched alkanes of at least 4 members (excludes halogenated alkanes) is 3. The maximum Gasteiger partial charge on any atom is 0.138 e. The van der Waals surface area contributed by atoms with Gasteiger partial charge < -0.3 is 5.73 Å². The molecule has 0 amide bonds. The monoisotopic (exact) mass is 231 g/mol. The molecule has 3 nitrogen and oxygen atoms in total. The molecule has 0 aliphatic heterocycles. The maximum absolute atomic E-state index is 6.12. The van der Waals surface area contributed by atoms with E-state index in [2.05, 4.69) is 24.9 Å². The van der Waals surface area contributed by atoms with E-state index < -0.39 is 0 Å². The molecule has 0 saturated carbocycles. The number of pyridine rings is 1. The van der Waals surface area contributed by atoms with Crippen LogP contribution in [-0.2, 0) is 6.42 Å². The molecule has 0 bridgehead atoms. The molecule has 17 heavy (non-hydrogen) atoms. The third kappa shape index (κ3) is 2.60. The van der Waals surface area contributed by atoms with Crippen LogP contribution in [0, 0.1) is 6.92 Å². The van der Waals surface area contributed by atoms with E-state index >= 15 is 0 Å². The minimum atomic E-state index is 0.806. The summed E-state index contributed by atoms with van der Waals surface area (Å²) in [5.41, 5.74) is 9.34. The summed E-state index contributed by atoms with van der Waals surface area (Å²) in [6, 6.07) is 4.10. The second-order valence-corrected chi connectivity index (χ2v) is 4.69. The van der Waals surface area contributed by atoms with Crippen molar-refractivity contribution in [3.8, 4) is 0 Å². The van der Waals surface area contributed by atoms with Crippen molar-refractivity contribution in [3.63, 3.8) is 0 Å². The zero-order valence-corrected chi connectivity index (χ0v) is 10.7. The van der Waals surface area contributed by atoms with Crippen LogP contribution in [0.1, 0.15) is 43.9 Å². The minimum Gasteiger partial charge on any atom is -0.383 e. The largest absolute Gasteiger partial charge is 0.383 e. The number of rotatable bonds is 5. The molecule has 0 aromatic carbocycles. The highest BCUT2D eigenvalue weighted by Crippen LogP contribution is 2.18. The van der Waals surface area contributed by atoms with Crippen LogP contribution in [0.4, 0.5) is 5.82 Å². The lowest BCUT2D eigenvalue weighted by Crippen LogP contribution is -1.97.